The first-order valence-corrected chi connectivity index (χ1v) is 10.6. The van der Waals surface area contributed by atoms with Gasteiger partial charge in [-0.25, -0.2) is 8.42 Å². The maximum atomic E-state index is 12.7. The van der Waals surface area contributed by atoms with E-state index in [1.807, 2.05) is 4.90 Å². The zero-order chi connectivity index (χ0) is 18.7. The van der Waals surface area contributed by atoms with Crippen molar-refractivity contribution in [2.45, 2.75) is 18.9 Å². The van der Waals surface area contributed by atoms with E-state index in [0.29, 0.717) is 50.0 Å². The number of anilines is 1. The van der Waals surface area contributed by atoms with Crippen molar-refractivity contribution < 1.29 is 18.0 Å². The first-order chi connectivity index (χ1) is 12.3. The molecular formula is C17H24N4O4S. The SMILES string of the molecule is CS(=O)(=O)Nc1cccc(C(=O)N2CCN(CC(=O)NC3CC3)CC2)c1. The molecule has 2 aliphatic rings. The second kappa shape index (κ2) is 7.63. The molecule has 1 heterocycles. The molecule has 0 unspecified atom stereocenters. The van der Waals surface area contributed by atoms with Crippen molar-refractivity contribution >= 4 is 27.5 Å². The molecule has 2 amide bonds. The summed E-state index contributed by atoms with van der Waals surface area (Å²) in [6.45, 7) is 2.74. The highest BCUT2D eigenvalue weighted by Crippen LogP contribution is 2.18. The highest BCUT2D eigenvalue weighted by Gasteiger charge is 2.26. The molecule has 8 nitrogen and oxygen atoms in total. The average Bonchev–Trinajstić information content (AvgIpc) is 3.37. The lowest BCUT2D eigenvalue weighted by Gasteiger charge is -2.34. The van der Waals surface area contributed by atoms with Crippen molar-refractivity contribution in [3.05, 3.63) is 29.8 Å². The molecular weight excluding hydrogens is 356 g/mol. The Bertz CT molecular complexity index is 784. The molecule has 1 aromatic rings. The first kappa shape index (κ1) is 18.7. The molecule has 0 radical (unpaired) electrons. The topological polar surface area (TPSA) is 98.8 Å². The van der Waals surface area contributed by atoms with Gasteiger partial charge in [-0.05, 0) is 31.0 Å². The van der Waals surface area contributed by atoms with E-state index in [-0.39, 0.29) is 11.8 Å². The van der Waals surface area contributed by atoms with Gasteiger partial charge >= 0.3 is 0 Å². The number of carbonyl (C=O) groups excluding carboxylic acids is 2. The zero-order valence-electron chi connectivity index (χ0n) is 14.8. The summed E-state index contributed by atoms with van der Waals surface area (Å²) in [5.74, 6) is -0.0870. The normalized spacial score (nSPS) is 18.4. The Morgan fingerprint density at radius 1 is 1.15 bits per heavy atom. The fourth-order valence-corrected chi connectivity index (χ4v) is 3.48. The Morgan fingerprint density at radius 3 is 2.46 bits per heavy atom. The van der Waals surface area contributed by atoms with Gasteiger partial charge in [0.2, 0.25) is 15.9 Å². The largest absolute Gasteiger partial charge is 0.352 e. The number of carbonyl (C=O) groups is 2. The van der Waals surface area contributed by atoms with Crippen LogP contribution >= 0.6 is 0 Å². The summed E-state index contributed by atoms with van der Waals surface area (Å²) in [6.07, 6.45) is 3.21. The minimum absolute atomic E-state index is 0.0480. The van der Waals surface area contributed by atoms with Crippen molar-refractivity contribution in [2.24, 2.45) is 0 Å². The molecule has 1 saturated heterocycles. The third kappa shape index (κ3) is 5.43. The molecule has 1 aliphatic heterocycles. The van der Waals surface area contributed by atoms with Gasteiger partial charge in [0.15, 0.2) is 0 Å². The third-order valence-corrected chi connectivity index (χ3v) is 4.99. The molecule has 1 aliphatic carbocycles. The van der Waals surface area contributed by atoms with Crippen LogP contribution in [0.5, 0.6) is 0 Å². The van der Waals surface area contributed by atoms with Crippen LogP contribution < -0.4 is 10.0 Å². The molecule has 2 fully saturated rings. The average molecular weight is 380 g/mol. The van der Waals surface area contributed by atoms with Crippen LogP contribution in [-0.4, -0.2) is 75.1 Å². The van der Waals surface area contributed by atoms with Gasteiger partial charge in [0.05, 0.1) is 12.8 Å². The van der Waals surface area contributed by atoms with E-state index in [2.05, 4.69) is 10.0 Å². The second-order valence-corrected chi connectivity index (χ2v) is 8.61. The molecule has 142 valence electrons. The van der Waals surface area contributed by atoms with Crippen molar-refractivity contribution in [2.75, 3.05) is 43.7 Å². The predicted molar refractivity (Wildman–Crippen MR) is 98.4 cm³/mol. The molecule has 0 spiro atoms. The zero-order valence-corrected chi connectivity index (χ0v) is 15.6. The number of hydrogen-bond donors (Lipinski definition) is 2. The van der Waals surface area contributed by atoms with Crippen molar-refractivity contribution in [3.8, 4) is 0 Å². The van der Waals surface area contributed by atoms with Crippen LogP contribution in [0, 0.1) is 0 Å². The Labute approximate surface area is 153 Å². The second-order valence-electron chi connectivity index (χ2n) is 6.87. The minimum atomic E-state index is -3.39. The van der Waals surface area contributed by atoms with Crippen LogP contribution in [0.4, 0.5) is 5.69 Å². The van der Waals surface area contributed by atoms with Crippen molar-refractivity contribution in [1.29, 1.82) is 0 Å². The van der Waals surface area contributed by atoms with Gasteiger partial charge in [-0.3, -0.25) is 19.2 Å². The number of benzene rings is 1. The number of piperazine rings is 1. The lowest BCUT2D eigenvalue weighted by Crippen LogP contribution is -2.51. The van der Waals surface area contributed by atoms with Crippen molar-refractivity contribution in [1.82, 2.24) is 15.1 Å². The summed E-state index contributed by atoms with van der Waals surface area (Å²) in [5.41, 5.74) is 0.812. The van der Waals surface area contributed by atoms with Gasteiger partial charge in [0.25, 0.3) is 5.91 Å². The molecule has 0 bridgehead atoms. The third-order valence-electron chi connectivity index (χ3n) is 4.38. The first-order valence-electron chi connectivity index (χ1n) is 8.69. The van der Waals surface area contributed by atoms with E-state index in [4.69, 9.17) is 0 Å². The van der Waals surface area contributed by atoms with Gasteiger partial charge in [0.1, 0.15) is 0 Å². The summed E-state index contributed by atoms with van der Waals surface area (Å²) < 4.78 is 25.0. The molecule has 1 saturated carbocycles. The molecule has 1 aromatic carbocycles. The number of nitrogens with zero attached hydrogens (tertiary/aromatic N) is 2. The predicted octanol–water partition coefficient (Wildman–Crippen LogP) is 0.0945. The Balaban J connectivity index is 1.53. The molecule has 3 rings (SSSR count). The lowest BCUT2D eigenvalue weighted by molar-refractivity contribution is -0.122. The van der Waals surface area contributed by atoms with E-state index in [9.17, 15) is 18.0 Å². The van der Waals surface area contributed by atoms with Gasteiger partial charge in [-0.1, -0.05) is 6.07 Å². The molecule has 26 heavy (non-hydrogen) atoms. The lowest BCUT2D eigenvalue weighted by atomic mass is 10.1. The van der Waals surface area contributed by atoms with Crippen LogP contribution in [0.2, 0.25) is 0 Å². The van der Waals surface area contributed by atoms with Gasteiger partial charge in [-0.2, -0.15) is 0 Å². The molecule has 9 heteroatoms. The quantitative estimate of drug-likeness (QED) is 0.729. The van der Waals surface area contributed by atoms with Gasteiger partial charge in [-0.15, -0.1) is 0 Å². The summed E-state index contributed by atoms with van der Waals surface area (Å²) in [5, 5.41) is 2.97. The van der Waals surface area contributed by atoms with Crippen LogP contribution in [0.15, 0.2) is 24.3 Å². The van der Waals surface area contributed by atoms with E-state index in [1.54, 1.807) is 29.2 Å². The van der Waals surface area contributed by atoms with E-state index >= 15 is 0 Å². The summed E-state index contributed by atoms with van der Waals surface area (Å²) in [6, 6.07) is 6.83. The summed E-state index contributed by atoms with van der Waals surface area (Å²) in [7, 11) is -3.39. The maximum absolute atomic E-state index is 12.7. The maximum Gasteiger partial charge on any atom is 0.254 e. The fourth-order valence-electron chi connectivity index (χ4n) is 2.93. The number of sulfonamides is 1. The van der Waals surface area contributed by atoms with E-state index in [0.717, 1.165) is 19.1 Å². The number of nitrogens with one attached hydrogen (secondary N) is 2. The monoisotopic (exact) mass is 380 g/mol. The van der Waals surface area contributed by atoms with E-state index < -0.39 is 10.0 Å². The van der Waals surface area contributed by atoms with Crippen LogP contribution in [-0.2, 0) is 14.8 Å². The van der Waals surface area contributed by atoms with Crippen LogP contribution in [0.25, 0.3) is 0 Å². The Kier molecular flexibility index (Phi) is 5.47. The number of hydrogen-bond acceptors (Lipinski definition) is 5. The van der Waals surface area contributed by atoms with Gasteiger partial charge < -0.3 is 10.2 Å². The van der Waals surface area contributed by atoms with Crippen molar-refractivity contribution in [3.63, 3.8) is 0 Å². The Morgan fingerprint density at radius 2 is 1.85 bits per heavy atom. The molecule has 0 atom stereocenters. The summed E-state index contributed by atoms with van der Waals surface area (Å²) in [4.78, 5) is 28.3. The molecule has 0 aromatic heterocycles. The smallest absolute Gasteiger partial charge is 0.254 e. The minimum Gasteiger partial charge on any atom is -0.352 e. The standard InChI is InChI=1S/C17H24N4O4S/c1-26(24,25)19-15-4-2-3-13(11-15)17(23)21-9-7-20(8-10-21)12-16(22)18-14-5-6-14/h2-4,11,14,19H,5-10,12H2,1H3,(H,18,22). The highest BCUT2D eigenvalue weighted by molar-refractivity contribution is 7.92. The summed E-state index contributed by atoms with van der Waals surface area (Å²) >= 11 is 0. The van der Waals surface area contributed by atoms with Crippen LogP contribution in [0.1, 0.15) is 23.2 Å². The number of amides is 2. The molecule has 2 N–H and O–H groups in total. The van der Waals surface area contributed by atoms with E-state index in [1.165, 1.54) is 0 Å². The van der Waals surface area contributed by atoms with Crippen LogP contribution in [0.3, 0.4) is 0 Å². The number of rotatable bonds is 6. The fraction of sp³-hybridized carbons (Fsp3) is 0.529. The Hall–Kier alpha value is -2.13. The highest BCUT2D eigenvalue weighted by atomic mass is 32.2. The van der Waals surface area contributed by atoms with Gasteiger partial charge in [0, 0.05) is 43.5 Å².